The highest BCUT2D eigenvalue weighted by molar-refractivity contribution is 5.83. The van der Waals surface area contributed by atoms with Crippen LogP contribution >= 0.6 is 0 Å². The molecule has 0 amide bonds. The first kappa shape index (κ1) is 11.6. The molecule has 0 bridgehead atoms. The number of nitro groups is 1. The van der Waals surface area contributed by atoms with Gasteiger partial charge in [-0.1, -0.05) is 13.8 Å². The topological polar surface area (TPSA) is 48.1 Å². The largest absolute Gasteiger partial charge is 0.345 e. The second-order valence-electron chi connectivity index (χ2n) is 4.47. The Morgan fingerprint density at radius 3 is 2.59 bits per heavy atom. The molecule has 0 aliphatic carbocycles. The third-order valence-corrected chi connectivity index (χ3v) is 3.04. The monoisotopic (exact) mass is 232 g/mol. The number of fused-ring (bicyclic) bond motifs is 1. The molecule has 0 N–H and O–H groups in total. The van der Waals surface area contributed by atoms with E-state index in [9.17, 15) is 10.1 Å². The smallest absolute Gasteiger partial charge is 0.270 e. The minimum Gasteiger partial charge on any atom is -0.345 e. The van der Waals surface area contributed by atoms with Crippen molar-refractivity contribution in [3.63, 3.8) is 0 Å². The normalized spacial score (nSPS) is 11.3. The molecule has 2 rings (SSSR count). The highest BCUT2D eigenvalue weighted by Gasteiger charge is 2.13. The molecule has 17 heavy (non-hydrogen) atoms. The summed E-state index contributed by atoms with van der Waals surface area (Å²) >= 11 is 0. The Hall–Kier alpha value is -1.84. The van der Waals surface area contributed by atoms with E-state index in [1.54, 1.807) is 12.1 Å². The highest BCUT2D eigenvalue weighted by atomic mass is 16.6. The van der Waals surface area contributed by atoms with Crippen LogP contribution < -0.4 is 0 Å². The maximum Gasteiger partial charge on any atom is 0.270 e. The molecule has 0 aliphatic rings. The molecular weight excluding hydrogens is 216 g/mol. The van der Waals surface area contributed by atoms with Gasteiger partial charge in [0.2, 0.25) is 0 Å². The van der Waals surface area contributed by atoms with Crippen LogP contribution in [0.15, 0.2) is 24.3 Å². The zero-order chi connectivity index (χ0) is 12.6. The van der Waals surface area contributed by atoms with Crippen LogP contribution in [-0.4, -0.2) is 9.49 Å². The van der Waals surface area contributed by atoms with Crippen LogP contribution in [0.4, 0.5) is 5.69 Å². The summed E-state index contributed by atoms with van der Waals surface area (Å²) in [5.74, 6) is 0.418. The van der Waals surface area contributed by atoms with E-state index in [4.69, 9.17) is 0 Å². The van der Waals surface area contributed by atoms with Gasteiger partial charge in [-0.25, -0.2) is 0 Å². The zero-order valence-corrected chi connectivity index (χ0v) is 10.3. The molecule has 1 heterocycles. The number of aryl methyl sites for hydroxylation is 1. The molecule has 90 valence electrons. The maximum atomic E-state index is 10.7. The summed E-state index contributed by atoms with van der Waals surface area (Å²) < 4.78 is 2.21. The standard InChI is InChI=1S/C13H16N2O2/c1-4-14-12-6-5-11(15(16)17)7-10(12)8-13(14)9(2)3/h5-9H,4H2,1-3H3. The van der Waals surface area contributed by atoms with E-state index in [0.29, 0.717) is 5.92 Å². The first-order valence-corrected chi connectivity index (χ1v) is 5.82. The number of hydrogen-bond acceptors (Lipinski definition) is 2. The SMILES string of the molecule is CCn1c(C(C)C)cc2cc([N+](=O)[O-])ccc21. The Morgan fingerprint density at radius 1 is 1.35 bits per heavy atom. The first-order valence-electron chi connectivity index (χ1n) is 5.82. The minimum absolute atomic E-state index is 0.154. The van der Waals surface area contributed by atoms with Gasteiger partial charge in [0.05, 0.1) is 4.92 Å². The number of non-ortho nitro benzene ring substituents is 1. The Bertz CT molecular complexity index is 570. The Labute approximate surface area is 100 Å². The van der Waals surface area contributed by atoms with Crippen molar-refractivity contribution >= 4 is 16.6 Å². The average Bonchev–Trinajstić information content (AvgIpc) is 2.66. The summed E-state index contributed by atoms with van der Waals surface area (Å²) in [6, 6.07) is 7.10. The van der Waals surface area contributed by atoms with Crippen LogP contribution in [0.5, 0.6) is 0 Å². The zero-order valence-electron chi connectivity index (χ0n) is 10.3. The Morgan fingerprint density at radius 2 is 2.06 bits per heavy atom. The Balaban J connectivity index is 2.68. The lowest BCUT2D eigenvalue weighted by Crippen LogP contribution is -2.01. The third-order valence-electron chi connectivity index (χ3n) is 3.04. The molecule has 0 unspecified atom stereocenters. The molecule has 2 aromatic rings. The summed E-state index contributed by atoms with van der Waals surface area (Å²) in [7, 11) is 0. The van der Waals surface area contributed by atoms with Gasteiger partial charge in [-0.2, -0.15) is 0 Å². The molecule has 0 spiro atoms. The van der Waals surface area contributed by atoms with Crippen molar-refractivity contribution in [1.82, 2.24) is 4.57 Å². The lowest BCUT2D eigenvalue weighted by Gasteiger charge is -2.10. The molecular formula is C13H16N2O2. The molecule has 1 aromatic heterocycles. The summed E-state index contributed by atoms with van der Waals surface area (Å²) in [6.07, 6.45) is 0. The van der Waals surface area contributed by atoms with Gasteiger partial charge in [0.1, 0.15) is 0 Å². The lowest BCUT2D eigenvalue weighted by molar-refractivity contribution is -0.384. The molecule has 0 radical (unpaired) electrons. The molecule has 0 aliphatic heterocycles. The van der Waals surface area contributed by atoms with Crippen LogP contribution in [0, 0.1) is 10.1 Å². The van der Waals surface area contributed by atoms with Crippen molar-refractivity contribution in [2.45, 2.75) is 33.2 Å². The number of nitrogens with zero attached hydrogens (tertiary/aromatic N) is 2. The van der Waals surface area contributed by atoms with Crippen LogP contribution in [0.2, 0.25) is 0 Å². The number of hydrogen-bond donors (Lipinski definition) is 0. The van der Waals surface area contributed by atoms with Crippen molar-refractivity contribution in [2.75, 3.05) is 0 Å². The predicted molar refractivity (Wildman–Crippen MR) is 68.4 cm³/mol. The molecule has 0 saturated heterocycles. The number of nitro benzene ring substituents is 1. The number of rotatable bonds is 3. The van der Waals surface area contributed by atoms with Gasteiger partial charge in [0.15, 0.2) is 0 Å². The second-order valence-corrected chi connectivity index (χ2v) is 4.47. The highest BCUT2D eigenvalue weighted by Crippen LogP contribution is 2.28. The fourth-order valence-corrected chi connectivity index (χ4v) is 2.22. The van der Waals surface area contributed by atoms with Gasteiger partial charge in [-0.3, -0.25) is 10.1 Å². The summed E-state index contributed by atoms with van der Waals surface area (Å²) in [6.45, 7) is 7.24. The van der Waals surface area contributed by atoms with Crippen LogP contribution in [-0.2, 0) is 6.54 Å². The molecule has 4 nitrogen and oxygen atoms in total. The van der Waals surface area contributed by atoms with E-state index in [2.05, 4.69) is 31.4 Å². The van der Waals surface area contributed by atoms with Crippen molar-refractivity contribution in [2.24, 2.45) is 0 Å². The lowest BCUT2D eigenvalue weighted by atomic mass is 10.1. The Kier molecular flexibility index (Phi) is 2.88. The van der Waals surface area contributed by atoms with Gasteiger partial charge >= 0.3 is 0 Å². The van der Waals surface area contributed by atoms with Crippen molar-refractivity contribution < 1.29 is 4.92 Å². The van der Waals surface area contributed by atoms with Crippen molar-refractivity contribution in [3.05, 3.63) is 40.1 Å². The third kappa shape index (κ3) is 1.90. The van der Waals surface area contributed by atoms with Crippen molar-refractivity contribution in [3.8, 4) is 0 Å². The average molecular weight is 232 g/mol. The van der Waals surface area contributed by atoms with Gasteiger partial charge in [0, 0.05) is 35.3 Å². The van der Waals surface area contributed by atoms with E-state index in [0.717, 1.165) is 17.4 Å². The number of benzene rings is 1. The summed E-state index contributed by atoms with van der Waals surface area (Å²) in [5, 5.41) is 11.7. The molecule has 1 aromatic carbocycles. The van der Waals surface area contributed by atoms with Crippen LogP contribution in [0.3, 0.4) is 0 Å². The predicted octanol–water partition coefficient (Wildman–Crippen LogP) is 3.69. The van der Waals surface area contributed by atoms with Gasteiger partial charge < -0.3 is 4.57 Å². The molecule has 0 saturated carbocycles. The van der Waals surface area contributed by atoms with Gasteiger partial charge in [-0.05, 0) is 25.0 Å². The van der Waals surface area contributed by atoms with Crippen molar-refractivity contribution in [1.29, 1.82) is 0 Å². The fourth-order valence-electron chi connectivity index (χ4n) is 2.22. The summed E-state index contributed by atoms with van der Waals surface area (Å²) in [4.78, 5) is 10.4. The second kappa shape index (κ2) is 4.20. The fraction of sp³-hybridized carbons (Fsp3) is 0.385. The van der Waals surface area contributed by atoms with E-state index in [1.165, 1.54) is 5.69 Å². The molecule has 0 fully saturated rings. The van der Waals surface area contributed by atoms with Crippen LogP contribution in [0.1, 0.15) is 32.4 Å². The van der Waals surface area contributed by atoms with E-state index >= 15 is 0 Å². The van der Waals surface area contributed by atoms with Gasteiger partial charge in [-0.15, -0.1) is 0 Å². The minimum atomic E-state index is -0.349. The van der Waals surface area contributed by atoms with E-state index in [-0.39, 0.29) is 10.6 Å². The van der Waals surface area contributed by atoms with E-state index in [1.807, 2.05) is 6.07 Å². The number of aromatic nitrogens is 1. The van der Waals surface area contributed by atoms with Crippen LogP contribution in [0.25, 0.3) is 10.9 Å². The molecule has 4 heteroatoms. The van der Waals surface area contributed by atoms with E-state index < -0.39 is 0 Å². The molecule has 0 atom stereocenters. The summed E-state index contributed by atoms with van der Waals surface area (Å²) in [5.41, 5.74) is 2.45. The van der Waals surface area contributed by atoms with Gasteiger partial charge in [0.25, 0.3) is 5.69 Å². The maximum absolute atomic E-state index is 10.7. The quantitative estimate of drug-likeness (QED) is 0.598. The first-order chi connectivity index (χ1) is 8.04.